The van der Waals surface area contributed by atoms with E-state index in [-0.39, 0.29) is 0 Å². The molecule has 1 rings (SSSR count). The van der Waals surface area contributed by atoms with Crippen LogP contribution in [-0.4, -0.2) is 69.3 Å². The van der Waals surface area contributed by atoms with Crippen LogP contribution in [0.1, 0.15) is 5.56 Å². The summed E-state index contributed by atoms with van der Waals surface area (Å²) >= 11 is 0. The Bertz CT molecular complexity index is 349. The molecule has 0 N–H and O–H groups in total. The van der Waals surface area contributed by atoms with Crippen LogP contribution in [0.25, 0.3) is 0 Å². The Balaban J connectivity index is 2.51. The lowest BCUT2D eigenvalue weighted by molar-refractivity contribution is 0.236. The Hall–Kier alpha value is -1.33. The average molecular weight is 267 g/mol. The number of ether oxygens (including phenoxy) is 2. The summed E-state index contributed by atoms with van der Waals surface area (Å²) in [6, 6.07) is 3.85. The van der Waals surface area contributed by atoms with E-state index in [0.717, 1.165) is 18.7 Å². The molecule has 0 aliphatic heterocycles. The number of nitrogens with zero attached hydrogens (tertiary/aromatic N) is 3. The monoisotopic (exact) mass is 267 g/mol. The van der Waals surface area contributed by atoms with E-state index >= 15 is 0 Å². The second-order valence-electron chi connectivity index (χ2n) is 5.12. The fraction of sp³-hybridized carbons (Fsp3) is 0.643. The second-order valence-corrected chi connectivity index (χ2v) is 5.12. The second kappa shape index (κ2) is 7.96. The van der Waals surface area contributed by atoms with Crippen LogP contribution in [0.2, 0.25) is 0 Å². The summed E-state index contributed by atoms with van der Waals surface area (Å²) < 4.78 is 11.2. The summed E-state index contributed by atoms with van der Waals surface area (Å²) in [6.45, 7) is 5.00. The first kappa shape index (κ1) is 15.7. The van der Waals surface area contributed by atoms with Gasteiger partial charge in [-0.2, -0.15) is 4.98 Å². The van der Waals surface area contributed by atoms with E-state index in [2.05, 4.69) is 14.8 Å². The number of likely N-dealkylation sites (N-methyl/N-ethyl adjacent to an activating group) is 2. The van der Waals surface area contributed by atoms with Crippen molar-refractivity contribution >= 4 is 0 Å². The number of pyridine rings is 1. The minimum absolute atomic E-state index is 0.626. The molecule has 0 spiro atoms. The predicted molar refractivity (Wildman–Crippen MR) is 77.1 cm³/mol. The molecule has 0 aromatic carbocycles. The predicted octanol–water partition coefficient (Wildman–Crippen LogP) is 1.27. The zero-order valence-electron chi connectivity index (χ0n) is 12.6. The molecule has 0 saturated heterocycles. The Morgan fingerprint density at radius 2 is 1.32 bits per heavy atom. The molecule has 108 valence electrons. The molecule has 1 aromatic heterocycles. The Morgan fingerprint density at radius 3 is 1.68 bits per heavy atom. The summed E-state index contributed by atoms with van der Waals surface area (Å²) in [5, 5.41) is 0. The van der Waals surface area contributed by atoms with E-state index in [1.807, 2.05) is 47.2 Å². The lowest BCUT2D eigenvalue weighted by Gasteiger charge is -2.13. The van der Waals surface area contributed by atoms with Crippen molar-refractivity contribution in [1.82, 2.24) is 14.8 Å². The van der Waals surface area contributed by atoms with Crippen LogP contribution in [-0.2, 0) is 0 Å². The zero-order chi connectivity index (χ0) is 14.3. The van der Waals surface area contributed by atoms with E-state index < -0.39 is 0 Å². The maximum atomic E-state index is 5.62. The first-order valence-corrected chi connectivity index (χ1v) is 6.51. The number of aryl methyl sites for hydroxylation is 1. The van der Waals surface area contributed by atoms with Crippen LogP contribution in [0.4, 0.5) is 0 Å². The molecule has 0 aliphatic carbocycles. The number of hydrogen-bond acceptors (Lipinski definition) is 5. The first-order chi connectivity index (χ1) is 8.97. The Labute approximate surface area is 116 Å². The number of rotatable bonds is 8. The van der Waals surface area contributed by atoms with Crippen molar-refractivity contribution in [3.8, 4) is 11.8 Å². The van der Waals surface area contributed by atoms with Gasteiger partial charge in [-0.1, -0.05) is 0 Å². The molecule has 5 nitrogen and oxygen atoms in total. The third-order valence-electron chi connectivity index (χ3n) is 2.50. The Kier molecular flexibility index (Phi) is 6.59. The molecule has 5 heteroatoms. The molecule has 0 radical (unpaired) electrons. The molecule has 0 bridgehead atoms. The van der Waals surface area contributed by atoms with Crippen molar-refractivity contribution in [3.63, 3.8) is 0 Å². The standard InChI is InChI=1S/C14H25N3O2/c1-12-10-13(18-8-6-16(2)3)15-14(11-12)19-9-7-17(4)5/h10-11H,6-9H2,1-5H3. The largest absolute Gasteiger partial charge is 0.476 e. The average Bonchev–Trinajstić information content (AvgIpc) is 2.27. The van der Waals surface area contributed by atoms with Gasteiger partial charge in [0.05, 0.1) is 0 Å². The molecule has 19 heavy (non-hydrogen) atoms. The van der Waals surface area contributed by atoms with Crippen molar-refractivity contribution in [2.24, 2.45) is 0 Å². The lowest BCUT2D eigenvalue weighted by atomic mass is 10.3. The van der Waals surface area contributed by atoms with Gasteiger partial charge in [0.1, 0.15) is 13.2 Å². The van der Waals surface area contributed by atoms with Gasteiger partial charge in [0.15, 0.2) is 0 Å². The van der Waals surface area contributed by atoms with Crippen molar-refractivity contribution in [2.75, 3.05) is 54.5 Å². The van der Waals surface area contributed by atoms with Crippen molar-refractivity contribution in [2.45, 2.75) is 6.92 Å². The van der Waals surface area contributed by atoms with Crippen LogP contribution >= 0.6 is 0 Å². The quantitative estimate of drug-likeness (QED) is 0.709. The zero-order valence-corrected chi connectivity index (χ0v) is 12.6. The number of aromatic nitrogens is 1. The molecule has 0 aliphatic rings. The summed E-state index contributed by atoms with van der Waals surface area (Å²) in [4.78, 5) is 8.49. The summed E-state index contributed by atoms with van der Waals surface area (Å²) in [6.07, 6.45) is 0. The maximum absolute atomic E-state index is 5.62. The molecular formula is C14H25N3O2. The third kappa shape index (κ3) is 6.98. The van der Waals surface area contributed by atoms with Gasteiger partial charge in [0.2, 0.25) is 11.8 Å². The van der Waals surface area contributed by atoms with Crippen molar-refractivity contribution < 1.29 is 9.47 Å². The van der Waals surface area contributed by atoms with Crippen LogP contribution < -0.4 is 9.47 Å². The van der Waals surface area contributed by atoms with Gasteiger partial charge >= 0.3 is 0 Å². The summed E-state index contributed by atoms with van der Waals surface area (Å²) in [5.41, 5.74) is 1.09. The Morgan fingerprint density at radius 1 is 0.895 bits per heavy atom. The van der Waals surface area contributed by atoms with E-state index in [1.165, 1.54) is 0 Å². The molecule has 0 amide bonds. The fourth-order valence-electron chi connectivity index (χ4n) is 1.42. The molecule has 0 saturated carbocycles. The van der Waals surface area contributed by atoms with Gasteiger partial charge < -0.3 is 19.3 Å². The molecule has 0 atom stereocenters. The first-order valence-electron chi connectivity index (χ1n) is 6.51. The fourth-order valence-corrected chi connectivity index (χ4v) is 1.42. The highest BCUT2D eigenvalue weighted by atomic mass is 16.5. The van der Waals surface area contributed by atoms with E-state index in [9.17, 15) is 0 Å². The molecular weight excluding hydrogens is 242 g/mol. The topological polar surface area (TPSA) is 37.8 Å². The maximum Gasteiger partial charge on any atom is 0.216 e. The van der Waals surface area contributed by atoms with Crippen molar-refractivity contribution in [3.05, 3.63) is 17.7 Å². The number of hydrogen-bond donors (Lipinski definition) is 0. The van der Waals surface area contributed by atoms with Gasteiger partial charge in [0, 0.05) is 25.2 Å². The van der Waals surface area contributed by atoms with Crippen molar-refractivity contribution in [1.29, 1.82) is 0 Å². The van der Waals surface area contributed by atoms with Crippen LogP contribution in [0.3, 0.4) is 0 Å². The minimum Gasteiger partial charge on any atom is -0.476 e. The summed E-state index contributed by atoms with van der Waals surface area (Å²) in [5.74, 6) is 1.25. The van der Waals surface area contributed by atoms with Gasteiger partial charge in [-0.25, -0.2) is 0 Å². The third-order valence-corrected chi connectivity index (χ3v) is 2.50. The summed E-state index contributed by atoms with van der Waals surface area (Å²) in [7, 11) is 8.07. The van der Waals surface area contributed by atoms with Gasteiger partial charge in [-0.05, 0) is 40.7 Å². The molecule has 0 fully saturated rings. The minimum atomic E-state index is 0.626. The van der Waals surface area contributed by atoms with Gasteiger partial charge in [-0.15, -0.1) is 0 Å². The van der Waals surface area contributed by atoms with Gasteiger partial charge in [-0.3, -0.25) is 0 Å². The van der Waals surface area contributed by atoms with E-state index in [4.69, 9.17) is 9.47 Å². The smallest absolute Gasteiger partial charge is 0.216 e. The normalized spacial score (nSPS) is 11.1. The SMILES string of the molecule is Cc1cc(OCCN(C)C)nc(OCCN(C)C)c1. The van der Waals surface area contributed by atoms with Crippen LogP contribution in [0.5, 0.6) is 11.8 Å². The molecule has 1 aromatic rings. The van der Waals surface area contributed by atoms with Crippen LogP contribution in [0, 0.1) is 6.92 Å². The highest BCUT2D eigenvalue weighted by Crippen LogP contribution is 2.17. The molecule has 0 unspecified atom stereocenters. The highest BCUT2D eigenvalue weighted by Gasteiger charge is 2.03. The highest BCUT2D eigenvalue weighted by molar-refractivity contribution is 5.27. The van der Waals surface area contributed by atoms with Gasteiger partial charge in [0.25, 0.3) is 0 Å². The molecule has 1 heterocycles. The van der Waals surface area contributed by atoms with E-state index in [0.29, 0.717) is 25.0 Å². The van der Waals surface area contributed by atoms with E-state index in [1.54, 1.807) is 0 Å². The lowest BCUT2D eigenvalue weighted by Crippen LogP contribution is -2.20. The van der Waals surface area contributed by atoms with Crippen LogP contribution in [0.15, 0.2) is 12.1 Å².